The van der Waals surface area contributed by atoms with Crippen LogP contribution in [0, 0.1) is 13.8 Å². The lowest BCUT2D eigenvalue weighted by molar-refractivity contribution is 0.151. The van der Waals surface area contributed by atoms with E-state index in [9.17, 15) is 5.11 Å². The van der Waals surface area contributed by atoms with Crippen molar-refractivity contribution in [2.45, 2.75) is 26.5 Å². The normalized spacial score (nSPS) is 12.6. The average Bonchev–Trinajstić information content (AvgIpc) is 3.07. The van der Waals surface area contributed by atoms with Crippen LogP contribution in [-0.4, -0.2) is 24.7 Å². The number of furan rings is 1. The largest absolute Gasteiger partial charge is 0.464 e. The van der Waals surface area contributed by atoms with Gasteiger partial charge in [-0.15, -0.1) is 35.3 Å². The summed E-state index contributed by atoms with van der Waals surface area (Å²) in [5.41, 5.74) is 0. The fourth-order valence-electron chi connectivity index (χ4n) is 1.90. The van der Waals surface area contributed by atoms with Crippen LogP contribution in [0.1, 0.15) is 27.4 Å². The van der Waals surface area contributed by atoms with Gasteiger partial charge in [0.2, 0.25) is 0 Å². The zero-order chi connectivity index (χ0) is 15.2. The number of aryl methyl sites for hydroxylation is 2. The van der Waals surface area contributed by atoms with Gasteiger partial charge in [0.1, 0.15) is 17.6 Å². The number of halogens is 1. The van der Waals surface area contributed by atoms with Gasteiger partial charge < -0.3 is 20.2 Å². The summed E-state index contributed by atoms with van der Waals surface area (Å²) < 4.78 is 5.39. The molecule has 2 aromatic rings. The Labute approximate surface area is 151 Å². The number of rotatable bonds is 5. The minimum absolute atomic E-state index is 0. The Hall–Kier alpha value is -1.06. The molecule has 0 aliphatic heterocycles. The maximum atomic E-state index is 10.0. The number of aliphatic hydroxyl groups is 1. The van der Waals surface area contributed by atoms with Gasteiger partial charge in [0, 0.05) is 16.8 Å². The first-order valence-corrected chi connectivity index (χ1v) is 7.64. The summed E-state index contributed by atoms with van der Waals surface area (Å²) in [6.45, 7) is 5.00. The summed E-state index contributed by atoms with van der Waals surface area (Å²) in [6.07, 6.45) is -0.693. The number of guanidine groups is 1. The smallest absolute Gasteiger partial charge is 0.191 e. The van der Waals surface area contributed by atoms with Crippen LogP contribution in [0.15, 0.2) is 33.7 Å². The SMILES string of the molecule is CN=C(NCc1ccc(C)s1)NCC(O)c1ccc(C)o1.I. The average molecular weight is 435 g/mol. The fourth-order valence-corrected chi connectivity index (χ4v) is 2.73. The molecule has 1 unspecified atom stereocenters. The number of aliphatic imine (C=N–C) groups is 1. The lowest BCUT2D eigenvalue weighted by Crippen LogP contribution is -2.38. The van der Waals surface area contributed by atoms with E-state index in [1.807, 2.05) is 13.0 Å². The zero-order valence-electron chi connectivity index (χ0n) is 12.9. The van der Waals surface area contributed by atoms with Crippen molar-refractivity contribution in [2.24, 2.45) is 4.99 Å². The molecule has 0 fully saturated rings. The van der Waals surface area contributed by atoms with Crippen molar-refractivity contribution in [3.05, 3.63) is 45.5 Å². The van der Waals surface area contributed by atoms with E-state index >= 15 is 0 Å². The Kier molecular flexibility index (Phi) is 7.91. The van der Waals surface area contributed by atoms with Gasteiger partial charge in [-0.2, -0.15) is 0 Å². The molecule has 0 bridgehead atoms. The molecule has 1 atom stereocenters. The minimum atomic E-state index is -0.693. The first-order valence-electron chi connectivity index (χ1n) is 6.82. The van der Waals surface area contributed by atoms with Gasteiger partial charge in [-0.1, -0.05) is 0 Å². The van der Waals surface area contributed by atoms with Gasteiger partial charge in [-0.3, -0.25) is 4.99 Å². The molecular weight excluding hydrogens is 413 g/mol. The van der Waals surface area contributed by atoms with Gasteiger partial charge in [0.25, 0.3) is 0 Å². The van der Waals surface area contributed by atoms with Crippen molar-refractivity contribution >= 4 is 41.3 Å². The molecule has 0 aliphatic rings. The summed E-state index contributed by atoms with van der Waals surface area (Å²) >= 11 is 1.75. The Balaban J connectivity index is 0.00000242. The Morgan fingerprint density at radius 2 is 2.05 bits per heavy atom. The molecule has 0 radical (unpaired) electrons. The van der Waals surface area contributed by atoms with Crippen LogP contribution >= 0.6 is 35.3 Å². The van der Waals surface area contributed by atoms with E-state index in [0.29, 0.717) is 24.8 Å². The van der Waals surface area contributed by atoms with E-state index in [0.717, 1.165) is 5.76 Å². The van der Waals surface area contributed by atoms with E-state index in [1.165, 1.54) is 9.75 Å². The molecular formula is C15H22IN3O2S. The maximum Gasteiger partial charge on any atom is 0.191 e. The predicted octanol–water partition coefficient (Wildman–Crippen LogP) is 2.97. The van der Waals surface area contributed by atoms with Crippen LogP contribution in [0.4, 0.5) is 0 Å². The lowest BCUT2D eigenvalue weighted by Gasteiger charge is -2.13. The third-order valence-electron chi connectivity index (χ3n) is 3.00. The Morgan fingerprint density at radius 1 is 1.27 bits per heavy atom. The molecule has 2 aromatic heterocycles. The summed E-state index contributed by atoms with van der Waals surface area (Å²) in [5.74, 6) is 2.01. The Bertz CT molecular complexity index is 609. The van der Waals surface area contributed by atoms with Crippen LogP contribution in [0.25, 0.3) is 0 Å². The van der Waals surface area contributed by atoms with Crippen molar-refractivity contribution < 1.29 is 9.52 Å². The lowest BCUT2D eigenvalue weighted by atomic mass is 10.3. The van der Waals surface area contributed by atoms with Crippen molar-refractivity contribution in [1.29, 1.82) is 0 Å². The highest BCUT2D eigenvalue weighted by Gasteiger charge is 2.12. The number of nitrogens with zero attached hydrogens (tertiary/aromatic N) is 1. The van der Waals surface area contributed by atoms with Gasteiger partial charge in [0.05, 0.1) is 13.1 Å². The van der Waals surface area contributed by atoms with E-state index in [1.54, 1.807) is 24.5 Å². The van der Waals surface area contributed by atoms with Crippen LogP contribution in [0.2, 0.25) is 0 Å². The van der Waals surface area contributed by atoms with E-state index in [-0.39, 0.29) is 24.0 Å². The molecule has 0 aliphatic carbocycles. The molecule has 7 heteroatoms. The van der Waals surface area contributed by atoms with Gasteiger partial charge >= 0.3 is 0 Å². The van der Waals surface area contributed by atoms with Crippen molar-refractivity contribution in [3.63, 3.8) is 0 Å². The molecule has 5 nitrogen and oxygen atoms in total. The molecule has 2 heterocycles. The van der Waals surface area contributed by atoms with E-state index in [4.69, 9.17) is 4.42 Å². The molecule has 2 rings (SSSR count). The molecule has 0 amide bonds. The first-order chi connectivity index (χ1) is 10.1. The second kappa shape index (κ2) is 9.16. The summed E-state index contributed by atoms with van der Waals surface area (Å²) in [5, 5.41) is 16.3. The van der Waals surface area contributed by atoms with Crippen LogP contribution < -0.4 is 10.6 Å². The quantitative estimate of drug-likeness (QED) is 0.384. The van der Waals surface area contributed by atoms with E-state index in [2.05, 4.69) is 34.7 Å². The zero-order valence-corrected chi connectivity index (χ0v) is 16.1. The topological polar surface area (TPSA) is 69.8 Å². The fraction of sp³-hybridized carbons (Fsp3) is 0.400. The first kappa shape index (κ1) is 19.0. The predicted molar refractivity (Wildman–Crippen MR) is 101 cm³/mol. The molecule has 0 aromatic carbocycles. The third-order valence-corrected chi connectivity index (χ3v) is 4.00. The van der Waals surface area contributed by atoms with Gasteiger partial charge in [-0.05, 0) is 38.1 Å². The van der Waals surface area contributed by atoms with Crippen molar-refractivity contribution in [1.82, 2.24) is 10.6 Å². The highest BCUT2D eigenvalue weighted by atomic mass is 127. The molecule has 0 saturated heterocycles. The third kappa shape index (κ3) is 5.62. The summed E-state index contributed by atoms with van der Waals surface area (Å²) in [6, 6.07) is 7.82. The van der Waals surface area contributed by atoms with Crippen LogP contribution in [-0.2, 0) is 6.54 Å². The summed E-state index contributed by atoms with van der Waals surface area (Å²) in [4.78, 5) is 6.68. The van der Waals surface area contributed by atoms with Gasteiger partial charge in [0.15, 0.2) is 5.96 Å². The number of thiophene rings is 1. The monoisotopic (exact) mass is 435 g/mol. The maximum absolute atomic E-state index is 10.0. The number of hydrogen-bond acceptors (Lipinski definition) is 4. The second-order valence-corrected chi connectivity index (χ2v) is 6.16. The number of nitrogens with one attached hydrogen (secondary N) is 2. The molecule has 0 saturated carbocycles. The molecule has 122 valence electrons. The summed E-state index contributed by atoms with van der Waals surface area (Å²) in [7, 11) is 1.71. The highest BCUT2D eigenvalue weighted by Crippen LogP contribution is 2.15. The molecule has 22 heavy (non-hydrogen) atoms. The molecule has 3 N–H and O–H groups in total. The number of aliphatic hydroxyl groups excluding tert-OH is 1. The second-order valence-electron chi connectivity index (χ2n) is 4.78. The minimum Gasteiger partial charge on any atom is -0.464 e. The van der Waals surface area contributed by atoms with Crippen LogP contribution in [0.3, 0.4) is 0 Å². The van der Waals surface area contributed by atoms with Crippen molar-refractivity contribution in [2.75, 3.05) is 13.6 Å². The van der Waals surface area contributed by atoms with Crippen LogP contribution in [0.5, 0.6) is 0 Å². The highest BCUT2D eigenvalue weighted by molar-refractivity contribution is 14.0. The number of hydrogen-bond donors (Lipinski definition) is 3. The standard InChI is InChI=1S/C15H21N3O2S.HI/c1-10-4-7-14(20-10)13(19)9-18-15(16-3)17-8-12-6-5-11(2)21-12;/h4-7,13,19H,8-9H2,1-3H3,(H2,16,17,18);1H. The van der Waals surface area contributed by atoms with Crippen molar-refractivity contribution in [3.8, 4) is 0 Å². The Morgan fingerprint density at radius 3 is 2.59 bits per heavy atom. The molecule has 0 spiro atoms. The van der Waals surface area contributed by atoms with E-state index < -0.39 is 6.10 Å². The van der Waals surface area contributed by atoms with Gasteiger partial charge in [-0.25, -0.2) is 0 Å².